The molecule has 0 spiro atoms. The van der Waals surface area contributed by atoms with E-state index < -0.39 is 44.8 Å². The highest BCUT2D eigenvalue weighted by molar-refractivity contribution is 7.89. The van der Waals surface area contributed by atoms with Crippen LogP contribution in [-0.2, 0) is 19.6 Å². The summed E-state index contributed by atoms with van der Waals surface area (Å²) in [5.41, 5.74) is -0.591. The molecule has 0 saturated heterocycles. The molecular weight excluding hydrogens is 339 g/mol. The van der Waals surface area contributed by atoms with E-state index in [2.05, 4.69) is 5.32 Å². The van der Waals surface area contributed by atoms with Gasteiger partial charge in [0, 0.05) is 6.04 Å². The van der Waals surface area contributed by atoms with Gasteiger partial charge >= 0.3 is 5.97 Å². The molecule has 1 fully saturated rings. The van der Waals surface area contributed by atoms with E-state index in [1.165, 1.54) is 0 Å². The number of nitrogens with two attached hydrogens (primary N) is 1. The molecule has 1 aliphatic rings. The summed E-state index contributed by atoms with van der Waals surface area (Å²) in [6.07, 6.45) is 4.98. The molecule has 7 nitrogen and oxygen atoms in total. The van der Waals surface area contributed by atoms with Crippen LogP contribution in [-0.4, -0.2) is 32.9 Å². The molecule has 9 heteroatoms. The second kappa shape index (κ2) is 7.71. The lowest BCUT2D eigenvalue weighted by atomic mass is 9.95. The van der Waals surface area contributed by atoms with Gasteiger partial charge in [-0.3, -0.25) is 4.79 Å². The van der Waals surface area contributed by atoms with E-state index in [0.29, 0.717) is 0 Å². The van der Waals surface area contributed by atoms with Crippen molar-refractivity contribution < 1.29 is 27.1 Å². The van der Waals surface area contributed by atoms with Crippen LogP contribution < -0.4 is 10.5 Å². The van der Waals surface area contributed by atoms with E-state index in [0.717, 1.165) is 50.3 Å². The van der Waals surface area contributed by atoms with Gasteiger partial charge < -0.3 is 10.1 Å². The van der Waals surface area contributed by atoms with Crippen molar-refractivity contribution in [3.63, 3.8) is 0 Å². The Morgan fingerprint density at radius 1 is 1.25 bits per heavy atom. The molecule has 0 radical (unpaired) electrons. The van der Waals surface area contributed by atoms with Crippen LogP contribution in [0.5, 0.6) is 0 Å². The average molecular weight is 358 g/mol. The number of carbonyl (C=O) groups is 2. The molecule has 0 unspecified atom stereocenters. The zero-order chi connectivity index (χ0) is 17.7. The molecule has 1 aliphatic carbocycles. The summed E-state index contributed by atoms with van der Waals surface area (Å²) in [5, 5.41) is 7.69. The molecule has 0 atom stereocenters. The summed E-state index contributed by atoms with van der Waals surface area (Å²) >= 11 is 0. The quantitative estimate of drug-likeness (QED) is 0.764. The third-order valence-electron chi connectivity index (χ3n) is 3.79. The third kappa shape index (κ3) is 5.00. The number of ether oxygens (including phenoxy) is 1. The second-order valence-electron chi connectivity index (χ2n) is 5.67. The first-order valence-corrected chi connectivity index (χ1v) is 9.11. The number of esters is 1. The summed E-state index contributed by atoms with van der Waals surface area (Å²) in [4.78, 5) is 23.2. The van der Waals surface area contributed by atoms with Crippen molar-refractivity contribution in [1.82, 2.24) is 5.32 Å². The van der Waals surface area contributed by atoms with Gasteiger partial charge in [0.05, 0.1) is 10.5 Å². The van der Waals surface area contributed by atoms with Crippen LogP contribution >= 0.6 is 0 Å². The molecule has 0 aliphatic heterocycles. The maximum Gasteiger partial charge on any atom is 0.341 e. The lowest BCUT2D eigenvalue weighted by Crippen LogP contribution is -2.38. The fourth-order valence-corrected chi connectivity index (χ4v) is 3.10. The molecule has 2 rings (SSSR count). The fraction of sp³-hybridized carbons (Fsp3) is 0.467. The van der Waals surface area contributed by atoms with Crippen LogP contribution in [0.4, 0.5) is 4.39 Å². The van der Waals surface area contributed by atoms with Gasteiger partial charge in [0.25, 0.3) is 5.91 Å². The lowest BCUT2D eigenvalue weighted by molar-refractivity contribution is -0.125. The standard InChI is InChI=1S/C15H19FN2O5S/c16-13-7-6-11(24(17,21)22)8-12(13)15(20)23-9-14(19)18-10-4-2-1-3-5-10/h6-8,10H,1-5,9H2,(H,18,19)(H2,17,21,22). The first kappa shape index (κ1) is 18.3. The Balaban J connectivity index is 1.95. The number of sulfonamides is 1. The van der Waals surface area contributed by atoms with E-state index in [1.54, 1.807) is 0 Å². The van der Waals surface area contributed by atoms with Crippen molar-refractivity contribution >= 4 is 21.9 Å². The average Bonchev–Trinajstić information content (AvgIpc) is 2.53. The molecular formula is C15H19FN2O5S. The molecule has 3 N–H and O–H groups in total. The molecule has 24 heavy (non-hydrogen) atoms. The van der Waals surface area contributed by atoms with Crippen molar-refractivity contribution in [3.8, 4) is 0 Å². The van der Waals surface area contributed by atoms with Gasteiger partial charge in [0.15, 0.2) is 6.61 Å². The maximum atomic E-state index is 13.7. The maximum absolute atomic E-state index is 13.7. The molecule has 1 saturated carbocycles. The molecule has 1 aromatic rings. The van der Waals surface area contributed by atoms with E-state index in [9.17, 15) is 22.4 Å². The summed E-state index contributed by atoms with van der Waals surface area (Å²) in [5.74, 6) is -2.56. The largest absolute Gasteiger partial charge is 0.452 e. The number of hydrogen-bond donors (Lipinski definition) is 2. The molecule has 0 aromatic heterocycles. The predicted octanol–water partition coefficient (Wildman–Crippen LogP) is 1.08. The minimum atomic E-state index is -4.08. The summed E-state index contributed by atoms with van der Waals surface area (Å²) < 4.78 is 40.9. The molecule has 1 amide bonds. The molecule has 132 valence electrons. The molecule has 1 aromatic carbocycles. The van der Waals surface area contributed by atoms with Gasteiger partial charge in [-0.15, -0.1) is 0 Å². The first-order chi connectivity index (χ1) is 11.3. The van der Waals surface area contributed by atoms with Crippen LogP contribution in [0.25, 0.3) is 0 Å². The van der Waals surface area contributed by atoms with Crippen LogP contribution in [0.2, 0.25) is 0 Å². The highest BCUT2D eigenvalue weighted by Crippen LogP contribution is 2.17. The Hall–Kier alpha value is -2.00. The van der Waals surface area contributed by atoms with Gasteiger partial charge in [0.2, 0.25) is 10.0 Å². The molecule has 0 heterocycles. The Kier molecular flexibility index (Phi) is 5.89. The SMILES string of the molecule is NS(=O)(=O)c1ccc(F)c(C(=O)OCC(=O)NC2CCCCC2)c1. The minimum Gasteiger partial charge on any atom is -0.452 e. The number of hydrogen-bond acceptors (Lipinski definition) is 5. The Bertz CT molecular complexity index is 729. The van der Waals surface area contributed by atoms with Gasteiger partial charge in [0.1, 0.15) is 5.82 Å². The summed E-state index contributed by atoms with van der Waals surface area (Å²) in [6.45, 7) is -0.561. The highest BCUT2D eigenvalue weighted by Gasteiger charge is 2.20. The monoisotopic (exact) mass is 358 g/mol. The van der Waals surface area contributed by atoms with Gasteiger partial charge in [-0.25, -0.2) is 22.7 Å². The zero-order valence-corrected chi connectivity index (χ0v) is 13.8. The Morgan fingerprint density at radius 3 is 2.54 bits per heavy atom. The van der Waals surface area contributed by atoms with Crippen molar-refractivity contribution in [2.75, 3.05) is 6.61 Å². The zero-order valence-electron chi connectivity index (χ0n) is 13.0. The van der Waals surface area contributed by atoms with E-state index in [1.807, 2.05) is 0 Å². The van der Waals surface area contributed by atoms with Crippen LogP contribution in [0, 0.1) is 5.82 Å². The van der Waals surface area contributed by atoms with Gasteiger partial charge in [-0.05, 0) is 31.0 Å². The summed E-state index contributed by atoms with van der Waals surface area (Å²) in [7, 11) is -4.08. The number of amides is 1. The molecule has 0 bridgehead atoms. The van der Waals surface area contributed by atoms with E-state index >= 15 is 0 Å². The van der Waals surface area contributed by atoms with Gasteiger partial charge in [-0.1, -0.05) is 19.3 Å². The fourth-order valence-electron chi connectivity index (χ4n) is 2.56. The number of benzene rings is 1. The number of halogens is 1. The van der Waals surface area contributed by atoms with Crippen molar-refractivity contribution in [2.45, 2.75) is 43.0 Å². The van der Waals surface area contributed by atoms with Crippen molar-refractivity contribution in [2.24, 2.45) is 5.14 Å². The summed E-state index contributed by atoms with van der Waals surface area (Å²) in [6, 6.07) is 2.59. The minimum absolute atomic E-state index is 0.0624. The van der Waals surface area contributed by atoms with E-state index in [-0.39, 0.29) is 6.04 Å². The van der Waals surface area contributed by atoms with E-state index in [4.69, 9.17) is 9.88 Å². The van der Waals surface area contributed by atoms with Gasteiger partial charge in [-0.2, -0.15) is 0 Å². The normalized spacial score (nSPS) is 15.8. The number of primary sulfonamides is 1. The third-order valence-corrected chi connectivity index (χ3v) is 4.70. The highest BCUT2D eigenvalue weighted by atomic mass is 32.2. The Labute approximate surface area is 139 Å². The topological polar surface area (TPSA) is 116 Å². The number of carbonyl (C=O) groups excluding carboxylic acids is 2. The number of nitrogens with one attached hydrogen (secondary N) is 1. The van der Waals surface area contributed by atoms with Crippen molar-refractivity contribution in [1.29, 1.82) is 0 Å². The second-order valence-corrected chi connectivity index (χ2v) is 7.23. The predicted molar refractivity (Wildman–Crippen MR) is 83.1 cm³/mol. The smallest absolute Gasteiger partial charge is 0.341 e. The van der Waals surface area contributed by atoms with Crippen LogP contribution in [0.15, 0.2) is 23.1 Å². The Morgan fingerprint density at radius 2 is 1.92 bits per heavy atom. The van der Waals surface area contributed by atoms with Crippen molar-refractivity contribution in [3.05, 3.63) is 29.6 Å². The van der Waals surface area contributed by atoms with Crippen LogP contribution in [0.3, 0.4) is 0 Å². The first-order valence-electron chi connectivity index (χ1n) is 7.56. The lowest BCUT2D eigenvalue weighted by Gasteiger charge is -2.22. The number of rotatable bonds is 5. The van der Waals surface area contributed by atoms with Crippen LogP contribution in [0.1, 0.15) is 42.5 Å².